The van der Waals surface area contributed by atoms with Gasteiger partial charge in [-0.2, -0.15) is 0 Å². The third-order valence-corrected chi connectivity index (χ3v) is 5.56. The predicted octanol–water partition coefficient (Wildman–Crippen LogP) is 3.94. The van der Waals surface area contributed by atoms with E-state index < -0.39 is 13.0 Å². The maximum atomic E-state index is 12.1. The van der Waals surface area contributed by atoms with Gasteiger partial charge in [0.05, 0.1) is 16.3 Å². The molecule has 0 radical (unpaired) electrons. The molecule has 1 aliphatic rings. The number of anilines is 1. The molecule has 0 bridgehead atoms. The molecule has 3 rings (SSSR count). The molecule has 1 aromatic carbocycles. The first-order valence-electron chi connectivity index (χ1n) is 7.88. The van der Waals surface area contributed by atoms with Gasteiger partial charge in [0.15, 0.2) is 5.13 Å². The summed E-state index contributed by atoms with van der Waals surface area (Å²) in [6, 6.07) is 5.75. The Balaban J connectivity index is 1.54. The van der Waals surface area contributed by atoms with E-state index in [2.05, 4.69) is 15.2 Å². The summed E-state index contributed by atoms with van der Waals surface area (Å²) in [5.41, 5.74) is 0.827. The van der Waals surface area contributed by atoms with E-state index in [-0.39, 0.29) is 11.8 Å². The molecule has 130 valence electrons. The third kappa shape index (κ3) is 4.13. The molecular formula is C16H18ClF2N3OS. The Kier molecular flexibility index (Phi) is 5.50. The first-order chi connectivity index (χ1) is 11.5. The van der Waals surface area contributed by atoms with Crippen molar-refractivity contribution in [2.24, 2.45) is 5.92 Å². The number of thiazole rings is 1. The number of halogens is 3. The van der Waals surface area contributed by atoms with Gasteiger partial charge in [-0.05, 0) is 30.9 Å². The lowest BCUT2D eigenvalue weighted by atomic mass is 9.93. The smallest absolute Gasteiger partial charge is 0.255 e. The highest BCUT2D eigenvalue weighted by atomic mass is 35.5. The number of alkyl halides is 2. The van der Waals surface area contributed by atoms with Gasteiger partial charge in [0.25, 0.3) is 6.43 Å². The second kappa shape index (κ2) is 7.61. The number of piperidine rings is 1. The Morgan fingerprint density at radius 2 is 2.17 bits per heavy atom. The number of nitrogens with one attached hydrogen (secondary N) is 1. The van der Waals surface area contributed by atoms with Gasteiger partial charge in [-0.25, -0.2) is 13.8 Å². The summed E-state index contributed by atoms with van der Waals surface area (Å²) in [5, 5.41) is 3.87. The Labute approximate surface area is 147 Å². The van der Waals surface area contributed by atoms with Crippen LogP contribution in [0.1, 0.15) is 19.3 Å². The molecule has 0 saturated carbocycles. The van der Waals surface area contributed by atoms with Crippen LogP contribution in [0.2, 0.25) is 5.02 Å². The maximum absolute atomic E-state index is 12.1. The van der Waals surface area contributed by atoms with Crippen LogP contribution in [0, 0.1) is 5.92 Å². The second-order valence-corrected chi connectivity index (χ2v) is 7.33. The van der Waals surface area contributed by atoms with E-state index in [9.17, 15) is 13.6 Å². The summed E-state index contributed by atoms with van der Waals surface area (Å²) in [5.74, 6) is -0.0580. The Morgan fingerprint density at radius 1 is 1.42 bits per heavy atom. The minimum absolute atomic E-state index is 0.233. The molecule has 0 spiro atoms. The van der Waals surface area contributed by atoms with E-state index in [1.54, 1.807) is 11.3 Å². The van der Waals surface area contributed by atoms with Gasteiger partial charge in [-0.15, -0.1) is 0 Å². The van der Waals surface area contributed by atoms with Gasteiger partial charge in [-0.1, -0.05) is 29.0 Å². The minimum atomic E-state index is -2.50. The zero-order valence-corrected chi connectivity index (χ0v) is 14.5. The number of para-hydroxylation sites is 1. The number of rotatable bonds is 5. The van der Waals surface area contributed by atoms with Crippen molar-refractivity contribution in [1.82, 2.24) is 10.3 Å². The Hall–Kier alpha value is -1.47. The monoisotopic (exact) mass is 373 g/mol. The fraction of sp³-hybridized carbons (Fsp3) is 0.500. The zero-order chi connectivity index (χ0) is 17.1. The summed E-state index contributed by atoms with van der Waals surface area (Å²) in [7, 11) is 0. The molecule has 1 aliphatic heterocycles. The van der Waals surface area contributed by atoms with Gasteiger partial charge in [-0.3, -0.25) is 4.79 Å². The van der Waals surface area contributed by atoms with Gasteiger partial charge in [0.1, 0.15) is 5.52 Å². The van der Waals surface area contributed by atoms with Crippen LogP contribution >= 0.6 is 22.9 Å². The molecule has 0 atom stereocenters. The van der Waals surface area contributed by atoms with E-state index in [4.69, 9.17) is 11.6 Å². The van der Waals surface area contributed by atoms with Crippen LogP contribution in [0.4, 0.5) is 13.9 Å². The van der Waals surface area contributed by atoms with E-state index in [1.165, 1.54) is 0 Å². The number of nitrogens with zero attached hydrogens (tertiary/aromatic N) is 2. The molecule has 2 heterocycles. The van der Waals surface area contributed by atoms with E-state index in [0.717, 1.165) is 41.3 Å². The normalized spacial score (nSPS) is 16.1. The van der Waals surface area contributed by atoms with Crippen LogP contribution in [0.3, 0.4) is 0 Å². The quantitative estimate of drug-likeness (QED) is 0.863. The van der Waals surface area contributed by atoms with Crippen LogP contribution in [-0.4, -0.2) is 37.0 Å². The molecule has 1 saturated heterocycles. The molecular weight excluding hydrogens is 356 g/mol. The SMILES string of the molecule is O=C(CC1CCN(c2nc3c(Cl)cccc3s2)CC1)NCC(F)F. The van der Waals surface area contributed by atoms with Crippen LogP contribution in [0.25, 0.3) is 10.2 Å². The number of hydrogen-bond donors (Lipinski definition) is 1. The molecule has 8 heteroatoms. The van der Waals surface area contributed by atoms with Crippen LogP contribution in [-0.2, 0) is 4.79 Å². The van der Waals surface area contributed by atoms with E-state index in [0.29, 0.717) is 11.4 Å². The summed E-state index contributed by atoms with van der Waals surface area (Å²) in [6.45, 7) is 1.05. The largest absolute Gasteiger partial charge is 0.350 e. The van der Waals surface area contributed by atoms with Crippen molar-refractivity contribution in [3.63, 3.8) is 0 Å². The number of fused-ring (bicyclic) bond motifs is 1. The molecule has 24 heavy (non-hydrogen) atoms. The lowest BCUT2D eigenvalue weighted by Gasteiger charge is -2.31. The molecule has 0 aliphatic carbocycles. The van der Waals surface area contributed by atoms with Crippen molar-refractivity contribution in [1.29, 1.82) is 0 Å². The second-order valence-electron chi connectivity index (χ2n) is 5.91. The van der Waals surface area contributed by atoms with Crippen molar-refractivity contribution >= 4 is 44.2 Å². The molecule has 1 N–H and O–H groups in total. The topological polar surface area (TPSA) is 45.2 Å². The van der Waals surface area contributed by atoms with Gasteiger partial charge >= 0.3 is 0 Å². The average molecular weight is 374 g/mol. The summed E-state index contributed by atoms with van der Waals surface area (Å²) in [4.78, 5) is 18.5. The maximum Gasteiger partial charge on any atom is 0.255 e. The highest BCUT2D eigenvalue weighted by molar-refractivity contribution is 7.22. The van der Waals surface area contributed by atoms with Crippen LogP contribution in [0.5, 0.6) is 0 Å². The molecule has 1 aromatic heterocycles. The summed E-state index contributed by atoms with van der Waals surface area (Å²) < 4.78 is 25.2. The van der Waals surface area contributed by atoms with Crippen molar-refractivity contribution < 1.29 is 13.6 Å². The Morgan fingerprint density at radius 3 is 2.83 bits per heavy atom. The fourth-order valence-corrected chi connectivity index (χ4v) is 4.21. The number of carbonyl (C=O) groups is 1. The standard InChI is InChI=1S/C16H18ClF2N3OS/c17-11-2-1-3-12-15(11)21-16(24-12)22-6-4-10(5-7-22)8-14(23)20-9-13(18)19/h1-3,10,13H,4-9H2,(H,20,23). The number of amides is 1. The van der Waals surface area contributed by atoms with Gasteiger partial charge < -0.3 is 10.2 Å². The first-order valence-corrected chi connectivity index (χ1v) is 9.07. The van der Waals surface area contributed by atoms with Crippen molar-refractivity contribution in [3.8, 4) is 0 Å². The van der Waals surface area contributed by atoms with Crippen LogP contribution in [0.15, 0.2) is 18.2 Å². The molecule has 2 aromatic rings. The van der Waals surface area contributed by atoms with Crippen molar-refractivity contribution in [2.45, 2.75) is 25.7 Å². The number of hydrogen-bond acceptors (Lipinski definition) is 4. The van der Waals surface area contributed by atoms with Crippen LogP contribution < -0.4 is 10.2 Å². The molecule has 4 nitrogen and oxygen atoms in total. The third-order valence-electron chi connectivity index (χ3n) is 4.17. The first kappa shape index (κ1) is 17.4. The van der Waals surface area contributed by atoms with E-state index >= 15 is 0 Å². The molecule has 0 unspecified atom stereocenters. The average Bonchev–Trinajstić information content (AvgIpc) is 2.99. The van der Waals surface area contributed by atoms with Gasteiger partial charge in [0.2, 0.25) is 5.91 Å². The summed E-state index contributed by atoms with van der Waals surface area (Å²) in [6.07, 6.45) is -0.481. The fourth-order valence-electron chi connectivity index (χ4n) is 2.89. The summed E-state index contributed by atoms with van der Waals surface area (Å²) >= 11 is 7.78. The molecule has 1 fully saturated rings. The predicted molar refractivity (Wildman–Crippen MR) is 93.2 cm³/mol. The molecule has 1 amide bonds. The van der Waals surface area contributed by atoms with Crippen molar-refractivity contribution in [2.75, 3.05) is 24.5 Å². The Bertz CT molecular complexity index is 716. The lowest BCUT2D eigenvalue weighted by Crippen LogP contribution is -2.36. The number of carbonyl (C=O) groups excluding carboxylic acids is 1. The van der Waals surface area contributed by atoms with E-state index in [1.807, 2.05) is 18.2 Å². The van der Waals surface area contributed by atoms with Gasteiger partial charge in [0, 0.05) is 19.5 Å². The number of benzene rings is 1. The highest BCUT2D eigenvalue weighted by Gasteiger charge is 2.24. The zero-order valence-electron chi connectivity index (χ0n) is 13.0. The number of aromatic nitrogens is 1. The minimum Gasteiger partial charge on any atom is -0.350 e. The van der Waals surface area contributed by atoms with Crippen molar-refractivity contribution in [3.05, 3.63) is 23.2 Å². The highest BCUT2D eigenvalue weighted by Crippen LogP contribution is 2.34. The lowest BCUT2D eigenvalue weighted by molar-refractivity contribution is -0.122.